The molecule has 0 saturated carbocycles. The van der Waals surface area contributed by atoms with Crippen molar-refractivity contribution in [3.05, 3.63) is 113 Å². The molecule has 0 radical (unpaired) electrons. The maximum Gasteiger partial charge on any atom is 0.170 e. The molecule has 3 aromatic heterocycles. The van der Waals surface area contributed by atoms with Crippen molar-refractivity contribution >= 4 is 17.3 Å². The molecule has 0 spiro atoms. The minimum Gasteiger partial charge on any atom is -0.352 e. The second-order valence-electron chi connectivity index (χ2n) is 8.22. The number of halogens is 1. The van der Waals surface area contributed by atoms with Crippen LogP contribution >= 0.6 is 12.2 Å². The van der Waals surface area contributed by atoms with Gasteiger partial charge in [-0.1, -0.05) is 18.2 Å². The van der Waals surface area contributed by atoms with E-state index in [0.29, 0.717) is 11.7 Å². The highest BCUT2D eigenvalue weighted by atomic mass is 32.1. The van der Waals surface area contributed by atoms with Gasteiger partial charge in [0.15, 0.2) is 5.11 Å². The zero-order valence-corrected chi connectivity index (χ0v) is 19.3. The summed E-state index contributed by atoms with van der Waals surface area (Å²) in [6.07, 6.45) is 3.59. The van der Waals surface area contributed by atoms with E-state index in [4.69, 9.17) is 12.2 Å². The molecule has 0 bridgehead atoms. The second-order valence-corrected chi connectivity index (χ2v) is 8.60. The molecule has 1 aliphatic rings. The van der Waals surface area contributed by atoms with Gasteiger partial charge in [-0.05, 0) is 80.2 Å². The predicted octanol–water partition coefficient (Wildman–Crippen LogP) is 5.20. The number of rotatable bonds is 5. The molecule has 2 atom stereocenters. The topological polar surface area (TPSA) is 46.0 Å². The number of hydrogen-bond acceptors (Lipinski definition) is 3. The summed E-state index contributed by atoms with van der Waals surface area (Å²) >= 11 is 5.79. The van der Waals surface area contributed by atoms with Gasteiger partial charge in [-0.15, -0.1) is 0 Å². The molecule has 1 N–H and O–H groups in total. The van der Waals surface area contributed by atoms with Gasteiger partial charge in [0, 0.05) is 29.5 Å². The Morgan fingerprint density at radius 3 is 2.45 bits per heavy atom. The van der Waals surface area contributed by atoms with Crippen molar-refractivity contribution < 1.29 is 4.39 Å². The zero-order chi connectivity index (χ0) is 22.9. The lowest BCUT2D eigenvalue weighted by atomic mass is 9.96. The number of benzene rings is 1. The first-order valence-corrected chi connectivity index (χ1v) is 11.3. The second kappa shape index (κ2) is 8.75. The number of aryl methyl sites for hydroxylation is 1. The first-order chi connectivity index (χ1) is 16.0. The van der Waals surface area contributed by atoms with E-state index in [9.17, 15) is 4.39 Å². The van der Waals surface area contributed by atoms with Gasteiger partial charge in [0.1, 0.15) is 5.82 Å². The summed E-state index contributed by atoms with van der Waals surface area (Å²) in [5.41, 5.74) is 5.85. The number of aromatic nitrogens is 3. The first kappa shape index (κ1) is 21.3. The predicted molar refractivity (Wildman–Crippen MR) is 130 cm³/mol. The van der Waals surface area contributed by atoms with Gasteiger partial charge in [0.2, 0.25) is 0 Å². The third kappa shape index (κ3) is 4.00. The summed E-state index contributed by atoms with van der Waals surface area (Å²) in [6.45, 7) is 4.69. The third-order valence-corrected chi connectivity index (χ3v) is 6.46. The van der Waals surface area contributed by atoms with E-state index in [0.717, 1.165) is 34.0 Å². The highest BCUT2D eigenvalue weighted by Crippen LogP contribution is 2.42. The van der Waals surface area contributed by atoms with Gasteiger partial charge in [0.05, 0.1) is 30.0 Å². The molecule has 1 aliphatic heterocycles. The highest BCUT2D eigenvalue weighted by molar-refractivity contribution is 7.80. The first-order valence-electron chi connectivity index (χ1n) is 10.9. The van der Waals surface area contributed by atoms with Crippen molar-refractivity contribution in [3.63, 3.8) is 0 Å². The molecule has 4 heterocycles. The lowest BCUT2D eigenvalue weighted by molar-refractivity contribution is 0.307. The number of nitrogens with zero attached hydrogens (tertiary/aromatic N) is 4. The quantitative estimate of drug-likeness (QED) is 0.418. The standard InChI is InChI=1S/C26H24FN5S/c1-17-14-22(18(2)32(17)21-10-7-8-19(27)15-21)25-24(23-11-4-6-13-29-23)30-26(33)31(25)16-20-9-3-5-12-28-20/h3-15,24-25H,16H2,1-2H3,(H,30,33)/t24-,25+/m1/s1. The molecular weight excluding hydrogens is 433 g/mol. The molecule has 166 valence electrons. The van der Waals surface area contributed by atoms with Crippen LogP contribution in [0.15, 0.2) is 79.1 Å². The van der Waals surface area contributed by atoms with Gasteiger partial charge >= 0.3 is 0 Å². The minimum atomic E-state index is -0.256. The Morgan fingerprint density at radius 1 is 0.970 bits per heavy atom. The molecule has 5 nitrogen and oxygen atoms in total. The average Bonchev–Trinajstić information content (AvgIpc) is 3.30. The molecular formula is C26H24FN5S. The Balaban J connectivity index is 1.62. The number of pyridine rings is 2. The monoisotopic (exact) mass is 457 g/mol. The van der Waals surface area contributed by atoms with E-state index < -0.39 is 0 Å². The van der Waals surface area contributed by atoms with Crippen LogP contribution in [0.4, 0.5) is 4.39 Å². The Labute approximate surface area is 197 Å². The molecule has 33 heavy (non-hydrogen) atoms. The highest BCUT2D eigenvalue weighted by Gasteiger charge is 2.41. The smallest absolute Gasteiger partial charge is 0.170 e. The molecule has 4 aromatic rings. The third-order valence-electron chi connectivity index (χ3n) is 6.11. The lowest BCUT2D eigenvalue weighted by Gasteiger charge is -2.28. The van der Waals surface area contributed by atoms with E-state index in [1.54, 1.807) is 24.5 Å². The van der Waals surface area contributed by atoms with Crippen LogP contribution in [0.25, 0.3) is 5.69 Å². The van der Waals surface area contributed by atoms with Crippen LogP contribution < -0.4 is 5.32 Å². The lowest BCUT2D eigenvalue weighted by Crippen LogP contribution is -2.29. The molecule has 1 aromatic carbocycles. The van der Waals surface area contributed by atoms with Crippen LogP contribution in [0.2, 0.25) is 0 Å². The van der Waals surface area contributed by atoms with Crippen molar-refractivity contribution in [1.29, 1.82) is 0 Å². The normalized spacial score (nSPS) is 17.9. The van der Waals surface area contributed by atoms with Crippen LogP contribution in [0.5, 0.6) is 0 Å². The van der Waals surface area contributed by atoms with E-state index >= 15 is 0 Å². The van der Waals surface area contributed by atoms with E-state index in [1.165, 1.54) is 6.07 Å². The molecule has 0 unspecified atom stereocenters. The molecule has 1 fully saturated rings. The Kier molecular flexibility index (Phi) is 5.64. The fourth-order valence-electron chi connectivity index (χ4n) is 4.68. The van der Waals surface area contributed by atoms with Gasteiger partial charge in [-0.25, -0.2) is 4.39 Å². The van der Waals surface area contributed by atoms with E-state index in [1.807, 2.05) is 49.4 Å². The van der Waals surface area contributed by atoms with Crippen LogP contribution in [0.3, 0.4) is 0 Å². The Hall–Kier alpha value is -3.58. The van der Waals surface area contributed by atoms with Crippen LogP contribution in [-0.4, -0.2) is 24.5 Å². The largest absolute Gasteiger partial charge is 0.352 e. The van der Waals surface area contributed by atoms with Crippen molar-refractivity contribution in [2.24, 2.45) is 0 Å². The van der Waals surface area contributed by atoms with Crippen LogP contribution in [0.1, 0.15) is 40.4 Å². The van der Waals surface area contributed by atoms with Crippen molar-refractivity contribution in [2.45, 2.75) is 32.5 Å². The van der Waals surface area contributed by atoms with Crippen LogP contribution in [0, 0.1) is 19.7 Å². The fourth-order valence-corrected chi connectivity index (χ4v) is 4.99. The SMILES string of the molecule is Cc1cc([C@H]2[C@@H](c3ccccn3)NC(=S)N2Cc2ccccn2)c(C)n1-c1cccc(F)c1. The number of nitrogens with one attached hydrogen (secondary N) is 1. The summed E-state index contributed by atoms with van der Waals surface area (Å²) in [5, 5.41) is 4.16. The average molecular weight is 458 g/mol. The van der Waals surface area contributed by atoms with Crippen molar-refractivity contribution in [2.75, 3.05) is 0 Å². The Morgan fingerprint density at radius 2 is 1.76 bits per heavy atom. The maximum absolute atomic E-state index is 14.0. The van der Waals surface area contributed by atoms with Gasteiger partial charge < -0.3 is 14.8 Å². The fraction of sp³-hybridized carbons (Fsp3) is 0.192. The Bertz CT molecular complexity index is 1290. The molecule has 5 rings (SSSR count). The van der Waals surface area contributed by atoms with Gasteiger partial charge in [-0.3, -0.25) is 9.97 Å². The zero-order valence-electron chi connectivity index (χ0n) is 18.4. The number of thiocarbonyl (C=S) groups is 1. The summed E-state index contributed by atoms with van der Waals surface area (Å²) in [7, 11) is 0. The maximum atomic E-state index is 14.0. The van der Waals surface area contributed by atoms with E-state index in [2.05, 4.69) is 37.7 Å². The minimum absolute atomic E-state index is 0.0945. The molecule has 0 aliphatic carbocycles. The summed E-state index contributed by atoms with van der Waals surface area (Å²) in [5.74, 6) is -0.256. The van der Waals surface area contributed by atoms with Gasteiger partial charge in [0.25, 0.3) is 0 Å². The molecule has 7 heteroatoms. The van der Waals surface area contributed by atoms with Crippen LogP contribution in [-0.2, 0) is 6.54 Å². The number of hydrogen-bond donors (Lipinski definition) is 1. The summed E-state index contributed by atoms with van der Waals surface area (Å²) in [6, 6.07) is 20.4. The summed E-state index contributed by atoms with van der Waals surface area (Å²) in [4.78, 5) is 11.3. The van der Waals surface area contributed by atoms with Gasteiger partial charge in [-0.2, -0.15) is 0 Å². The van der Waals surface area contributed by atoms with Crippen molar-refractivity contribution in [1.82, 2.24) is 24.8 Å². The van der Waals surface area contributed by atoms with E-state index in [-0.39, 0.29) is 17.9 Å². The summed E-state index contributed by atoms with van der Waals surface area (Å²) < 4.78 is 16.1. The molecule has 0 amide bonds. The van der Waals surface area contributed by atoms with Crippen molar-refractivity contribution in [3.8, 4) is 5.69 Å². The molecule has 1 saturated heterocycles.